The van der Waals surface area contributed by atoms with Crippen LogP contribution in [-0.2, 0) is 14.8 Å². The molecule has 1 atom stereocenters. The van der Waals surface area contributed by atoms with Crippen LogP contribution in [-0.4, -0.2) is 38.1 Å². The Morgan fingerprint density at radius 3 is 2.71 bits per heavy atom. The van der Waals surface area contributed by atoms with Gasteiger partial charge in [0, 0.05) is 13.1 Å². The molecule has 1 unspecified atom stereocenters. The Hall–Kier alpha value is -1.60. The summed E-state index contributed by atoms with van der Waals surface area (Å²) >= 11 is 0. The van der Waals surface area contributed by atoms with Crippen LogP contribution in [0.25, 0.3) is 0 Å². The summed E-state index contributed by atoms with van der Waals surface area (Å²) in [6, 6.07) is 6.54. The topological polar surface area (TPSA) is 86.7 Å². The second kappa shape index (κ2) is 5.65. The second-order valence-electron chi connectivity index (χ2n) is 5.30. The number of para-hydroxylation sites is 1. The normalized spacial score (nSPS) is 22.5. The van der Waals surface area contributed by atoms with Crippen molar-refractivity contribution in [3.63, 3.8) is 0 Å². The fraction of sp³-hybridized carbons (Fsp3) is 0.500. The van der Waals surface area contributed by atoms with Gasteiger partial charge >= 0.3 is 5.97 Å². The molecular formula is C14H20N2O4S. The lowest BCUT2D eigenvalue weighted by atomic mass is 9.99. The van der Waals surface area contributed by atoms with Gasteiger partial charge in [0.25, 0.3) is 0 Å². The molecule has 0 saturated carbocycles. The van der Waals surface area contributed by atoms with Crippen molar-refractivity contribution >= 4 is 21.7 Å². The van der Waals surface area contributed by atoms with Crippen LogP contribution in [0, 0.1) is 0 Å². The average molecular weight is 312 g/mol. The Labute approximate surface area is 124 Å². The Kier molecular flexibility index (Phi) is 4.25. The molecule has 1 aliphatic heterocycles. The SMILES string of the molecule is CCNS(=O)(=O)c1ccccc1N1CCCC1(C)C(=O)O. The lowest BCUT2D eigenvalue weighted by molar-refractivity contribution is -0.142. The van der Waals surface area contributed by atoms with Crippen molar-refractivity contribution in [2.45, 2.75) is 37.1 Å². The van der Waals surface area contributed by atoms with Crippen LogP contribution in [0.2, 0.25) is 0 Å². The van der Waals surface area contributed by atoms with E-state index in [1.165, 1.54) is 6.07 Å². The lowest BCUT2D eigenvalue weighted by Gasteiger charge is -2.34. The molecule has 2 N–H and O–H groups in total. The molecule has 0 aliphatic carbocycles. The number of sulfonamides is 1. The predicted octanol–water partition coefficient (Wildman–Crippen LogP) is 1.43. The molecule has 1 saturated heterocycles. The van der Waals surface area contributed by atoms with Crippen LogP contribution >= 0.6 is 0 Å². The third-order valence-corrected chi connectivity index (χ3v) is 5.47. The highest BCUT2D eigenvalue weighted by Crippen LogP contribution is 2.37. The van der Waals surface area contributed by atoms with E-state index < -0.39 is 21.5 Å². The van der Waals surface area contributed by atoms with Gasteiger partial charge in [-0.1, -0.05) is 19.1 Å². The monoisotopic (exact) mass is 312 g/mol. The van der Waals surface area contributed by atoms with E-state index in [-0.39, 0.29) is 11.4 Å². The number of carboxylic acids is 1. The Morgan fingerprint density at radius 2 is 2.10 bits per heavy atom. The maximum absolute atomic E-state index is 12.3. The first kappa shape index (κ1) is 15.8. The summed E-state index contributed by atoms with van der Waals surface area (Å²) < 4.78 is 27.1. The first-order valence-corrected chi connectivity index (χ1v) is 8.41. The Bertz CT molecular complexity index is 644. The number of carboxylic acid groups (broad SMARTS) is 1. The van der Waals surface area contributed by atoms with E-state index in [0.717, 1.165) is 6.42 Å². The van der Waals surface area contributed by atoms with E-state index in [2.05, 4.69) is 4.72 Å². The fourth-order valence-corrected chi connectivity index (χ4v) is 3.99. The summed E-state index contributed by atoms with van der Waals surface area (Å²) in [7, 11) is -3.64. The van der Waals surface area contributed by atoms with E-state index in [0.29, 0.717) is 18.7 Å². The highest BCUT2D eigenvalue weighted by atomic mass is 32.2. The minimum absolute atomic E-state index is 0.126. The van der Waals surface area contributed by atoms with Crippen molar-refractivity contribution in [2.75, 3.05) is 18.0 Å². The molecule has 1 fully saturated rings. The van der Waals surface area contributed by atoms with E-state index in [1.54, 1.807) is 36.9 Å². The molecule has 0 aromatic heterocycles. The number of carbonyl (C=O) groups is 1. The number of nitrogens with one attached hydrogen (secondary N) is 1. The summed E-state index contributed by atoms with van der Waals surface area (Å²) in [5.74, 6) is -0.935. The Balaban J connectivity index is 2.53. The summed E-state index contributed by atoms with van der Waals surface area (Å²) in [6.45, 7) is 4.16. The van der Waals surface area contributed by atoms with Gasteiger partial charge in [0.2, 0.25) is 10.0 Å². The minimum atomic E-state index is -3.64. The van der Waals surface area contributed by atoms with Gasteiger partial charge in [-0.25, -0.2) is 17.9 Å². The zero-order valence-electron chi connectivity index (χ0n) is 12.2. The highest BCUT2D eigenvalue weighted by molar-refractivity contribution is 7.89. The molecule has 0 bridgehead atoms. The smallest absolute Gasteiger partial charge is 0.329 e. The lowest BCUT2D eigenvalue weighted by Crippen LogP contribution is -2.48. The molecule has 1 aromatic carbocycles. The van der Waals surface area contributed by atoms with Gasteiger partial charge in [-0.05, 0) is 31.9 Å². The standard InChI is InChI=1S/C14H20N2O4S/c1-3-15-21(19,20)12-8-5-4-7-11(12)16-10-6-9-14(16,2)13(17)18/h4-5,7-8,15H,3,6,9-10H2,1-2H3,(H,17,18). The van der Waals surface area contributed by atoms with Crippen LogP contribution < -0.4 is 9.62 Å². The highest BCUT2D eigenvalue weighted by Gasteiger charge is 2.44. The molecule has 21 heavy (non-hydrogen) atoms. The number of benzene rings is 1. The van der Waals surface area contributed by atoms with E-state index in [9.17, 15) is 18.3 Å². The number of hydrogen-bond acceptors (Lipinski definition) is 4. The van der Waals surface area contributed by atoms with Crippen LogP contribution in [0.3, 0.4) is 0 Å². The van der Waals surface area contributed by atoms with Crippen molar-refractivity contribution in [3.05, 3.63) is 24.3 Å². The molecule has 0 amide bonds. The van der Waals surface area contributed by atoms with E-state index in [4.69, 9.17) is 0 Å². The first-order valence-electron chi connectivity index (χ1n) is 6.92. The van der Waals surface area contributed by atoms with Crippen molar-refractivity contribution in [1.82, 2.24) is 4.72 Å². The zero-order valence-corrected chi connectivity index (χ0v) is 13.0. The van der Waals surface area contributed by atoms with E-state index in [1.807, 2.05) is 0 Å². The molecule has 116 valence electrons. The number of nitrogens with zero attached hydrogens (tertiary/aromatic N) is 1. The summed E-state index contributed by atoms with van der Waals surface area (Å²) in [4.78, 5) is 13.4. The van der Waals surface area contributed by atoms with Crippen molar-refractivity contribution in [2.24, 2.45) is 0 Å². The van der Waals surface area contributed by atoms with Crippen molar-refractivity contribution in [1.29, 1.82) is 0 Å². The number of rotatable bonds is 5. The molecule has 2 rings (SSSR count). The molecule has 0 spiro atoms. The van der Waals surface area contributed by atoms with Gasteiger partial charge in [-0.15, -0.1) is 0 Å². The van der Waals surface area contributed by atoms with Crippen LogP contribution in [0.5, 0.6) is 0 Å². The van der Waals surface area contributed by atoms with Crippen LogP contribution in [0.15, 0.2) is 29.2 Å². The summed E-state index contributed by atoms with van der Waals surface area (Å²) in [5.41, 5.74) is -0.626. The summed E-state index contributed by atoms with van der Waals surface area (Å²) in [5, 5.41) is 9.49. The Morgan fingerprint density at radius 1 is 1.43 bits per heavy atom. The maximum Gasteiger partial charge on any atom is 0.329 e. The molecule has 1 aromatic rings. The molecule has 6 nitrogen and oxygen atoms in total. The molecule has 1 heterocycles. The maximum atomic E-state index is 12.3. The van der Waals surface area contributed by atoms with Crippen LogP contribution in [0.4, 0.5) is 5.69 Å². The van der Waals surface area contributed by atoms with Crippen molar-refractivity contribution < 1.29 is 18.3 Å². The minimum Gasteiger partial charge on any atom is -0.480 e. The van der Waals surface area contributed by atoms with Gasteiger partial charge in [-0.3, -0.25) is 0 Å². The third kappa shape index (κ3) is 2.75. The van der Waals surface area contributed by atoms with Gasteiger partial charge in [-0.2, -0.15) is 0 Å². The van der Waals surface area contributed by atoms with Crippen LogP contribution in [0.1, 0.15) is 26.7 Å². The largest absolute Gasteiger partial charge is 0.480 e. The van der Waals surface area contributed by atoms with Gasteiger partial charge in [0.15, 0.2) is 0 Å². The quantitative estimate of drug-likeness (QED) is 0.859. The number of anilines is 1. The van der Waals surface area contributed by atoms with E-state index >= 15 is 0 Å². The third-order valence-electron chi connectivity index (χ3n) is 3.88. The number of aliphatic carboxylic acids is 1. The average Bonchev–Trinajstić information content (AvgIpc) is 2.82. The second-order valence-corrected chi connectivity index (χ2v) is 7.04. The van der Waals surface area contributed by atoms with Gasteiger partial charge < -0.3 is 10.0 Å². The van der Waals surface area contributed by atoms with Crippen molar-refractivity contribution in [3.8, 4) is 0 Å². The molecule has 7 heteroatoms. The molecule has 1 aliphatic rings. The first-order chi connectivity index (χ1) is 9.83. The fourth-order valence-electron chi connectivity index (χ4n) is 2.75. The molecular weight excluding hydrogens is 292 g/mol. The van der Waals surface area contributed by atoms with Gasteiger partial charge in [0.05, 0.1) is 5.69 Å². The number of hydrogen-bond donors (Lipinski definition) is 2. The predicted molar refractivity (Wildman–Crippen MR) is 79.9 cm³/mol. The zero-order chi connectivity index (χ0) is 15.7. The van der Waals surface area contributed by atoms with Gasteiger partial charge in [0.1, 0.15) is 10.4 Å². The molecule has 0 radical (unpaired) electrons. The summed E-state index contributed by atoms with van der Waals surface area (Å²) in [6.07, 6.45) is 1.22.